The predicted molar refractivity (Wildman–Crippen MR) is 108 cm³/mol. The third kappa shape index (κ3) is 3.44. The van der Waals surface area contributed by atoms with Gasteiger partial charge in [-0.25, -0.2) is 8.42 Å². The quantitative estimate of drug-likeness (QED) is 0.803. The molecule has 0 aliphatic carbocycles. The van der Waals surface area contributed by atoms with Crippen LogP contribution in [0.15, 0.2) is 29.2 Å². The Balaban J connectivity index is 1.45. The number of hydrogen-bond acceptors (Lipinski definition) is 5. The molecule has 152 valence electrons. The highest BCUT2D eigenvalue weighted by Gasteiger charge is 2.52. The number of thioether (sulfide) groups is 1. The van der Waals surface area contributed by atoms with E-state index in [1.807, 2.05) is 6.92 Å². The summed E-state index contributed by atoms with van der Waals surface area (Å²) in [4.78, 5) is 26.6. The summed E-state index contributed by atoms with van der Waals surface area (Å²) in [5, 5.41) is 2.84. The van der Waals surface area contributed by atoms with E-state index in [1.54, 1.807) is 28.8 Å². The average Bonchev–Trinajstić information content (AvgIpc) is 3.19. The third-order valence-corrected chi connectivity index (χ3v) is 9.24. The number of carbonyl (C=O) groups is 2. The van der Waals surface area contributed by atoms with Crippen molar-refractivity contribution in [2.24, 2.45) is 0 Å². The van der Waals surface area contributed by atoms with Gasteiger partial charge in [0.2, 0.25) is 21.8 Å². The van der Waals surface area contributed by atoms with E-state index in [0.29, 0.717) is 31.0 Å². The van der Waals surface area contributed by atoms with E-state index in [1.165, 1.54) is 16.4 Å². The standard InChI is InChI=1S/C19H25N3O4S2/c1-19-10-9-17(23)22(19)16(13-27-19)18(24)20-14-5-7-15(8-6-14)28(25,26)21-11-3-2-4-12-21/h5-8,16H,2-4,9-13H2,1H3,(H,20,24)/t16-,19-/m0/s1. The van der Waals surface area contributed by atoms with E-state index < -0.39 is 16.1 Å². The van der Waals surface area contributed by atoms with Crippen LogP contribution in [0.4, 0.5) is 5.69 Å². The molecule has 1 aromatic rings. The Bertz CT molecular complexity index is 881. The Morgan fingerprint density at radius 2 is 1.86 bits per heavy atom. The molecule has 0 aromatic heterocycles. The number of piperidine rings is 1. The number of amides is 2. The summed E-state index contributed by atoms with van der Waals surface area (Å²) < 4.78 is 27.0. The van der Waals surface area contributed by atoms with E-state index in [4.69, 9.17) is 0 Å². The number of hydrogen-bond donors (Lipinski definition) is 1. The van der Waals surface area contributed by atoms with Crippen molar-refractivity contribution >= 4 is 39.3 Å². The molecule has 0 bridgehead atoms. The van der Waals surface area contributed by atoms with Gasteiger partial charge in [0.05, 0.1) is 9.77 Å². The first kappa shape index (κ1) is 19.7. The van der Waals surface area contributed by atoms with Crippen LogP contribution in [-0.4, -0.2) is 59.2 Å². The highest BCUT2D eigenvalue weighted by molar-refractivity contribution is 8.01. The van der Waals surface area contributed by atoms with Crippen molar-refractivity contribution in [3.05, 3.63) is 24.3 Å². The van der Waals surface area contributed by atoms with Crippen LogP contribution in [-0.2, 0) is 19.6 Å². The molecule has 0 unspecified atom stereocenters. The first-order chi connectivity index (χ1) is 13.3. The maximum atomic E-state index is 12.7. The summed E-state index contributed by atoms with van der Waals surface area (Å²) in [5.74, 6) is 0.379. The summed E-state index contributed by atoms with van der Waals surface area (Å²) in [7, 11) is -3.49. The van der Waals surface area contributed by atoms with Crippen molar-refractivity contribution in [3.63, 3.8) is 0 Å². The minimum atomic E-state index is -3.49. The molecule has 1 aromatic carbocycles. The second-order valence-corrected chi connectivity index (χ2v) is 11.2. The summed E-state index contributed by atoms with van der Waals surface area (Å²) in [6.45, 7) is 3.13. The molecule has 2 amide bonds. The molecule has 4 rings (SSSR count). The molecular formula is C19H25N3O4S2. The summed E-state index contributed by atoms with van der Waals surface area (Å²) >= 11 is 1.65. The molecule has 7 nitrogen and oxygen atoms in total. The van der Waals surface area contributed by atoms with Crippen LogP contribution in [0.2, 0.25) is 0 Å². The smallest absolute Gasteiger partial charge is 0.248 e. The SMILES string of the molecule is C[C@]12CCC(=O)N1[C@H](C(=O)Nc1ccc(S(=O)(=O)N3CCCCC3)cc1)CS2. The van der Waals surface area contributed by atoms with Crippen LogP contribution >= 0.6 is 11.8 Å². The lowest BCUT2D eigenvalue weighted by atomic mass is 10.2. The van der Waals surface area contributed by atoms with Crippen LogP contribution < -0.4 is 5.32 Å². The molecule has 3 heterocycles. The van der Waals surface area contributed by atoms with Gasteiger partial charge in [0, 0.05) is 31.0 Å². The Morgan fingerprint density at radius 1 is 1.18 bits per heavy atom. The molecular weight excluding hydrogens is 398 g/mol. The lowest BCUT2D eigenvalue weighted by Crippen LogP contribution is -2.48. The summed E-state index contributed by atoms with van der Waals surface area (Å²) in [6, 6.07) is 5.81. The molecule has 3 aliphatic heterocycles. The van der Waals surface area contributed by atoms with Crippen molar-refractivity contribution in [1.82, 2.24) is 9.21 Å². The Labute approximate surface area is 169 Å². The van der Waals surface area contributed by atoms with E-state index in [0.717, 1.165) is 25.7 Å². The maximum Gasteiger partial charge on any atom is 0.248 e. The second kappa shape index (κ2) is 7.35. The van der Waals surface area contributed by atoms with Crippen LogP contribution in [0.25, 0.3) is 0 Å². The Morgan fingerprint density at radius 3 is 2.54 bits per heavy atom. The minimum Gasteiger partial charge on any atom is -0.324 e. The topological polar surface area (TPSA) is 86.8 Å². The van der Waals surface area contributed by atoms with Crippen LogP contribution in [0.3, 0.4) is 0 Å². The Hall–Kier alpha value is -1.58. The first-order valence-corrected chi connectivity index (χ1v) is 12.1. The first-order valence-electron chi connectivity index (χ1n) is 9.68. The third-order valence-electron chi connectivity index (χ3n) is 5.82. The van der Waals surface area contributed by atoms with Crippen LogP contribution in [0, 0.1) is 0 Å². The Kier molecular flexibility index (Phi) is 5.18. The molecule has 3 fully saturated rings. The van der Waals surface area contributed by atoms with Crippen molar-refractivity contribution in [1.29, 1.82) is 0 Å². The fourth-order valence-electron chi connectivity index (χ4n) is 4.20. The van der Waals surface area contributed by atoms with Crippen molar-refractivity contribution in [2.75, 3.05) is 24.2 Å². The monoisotopic (exact) mass is 423 g/mol. The molecule has 1 N–H and O–H groups in total. The number of nitrogens with one attached hydrogen (secondary N) is 1. The molecule has 9 heteroatoms. The van der Waals surface area contributed by atoms with E-state index >= 15 is 0 Å². The number of carbonyl (C=O) groups excluding carboxylic acids is 2. The molecule has 0 radical (unpaired) electrons. The van der Waals surface area contributed by atoms with Crippen molar-refractivity contribution in [3.8, 4) is 0 Å². The zero-order valence-electron chi connectivity index (χ0n) is 15.9. The maximum absolute atomic E-state index is 12.7. The van der Waals surface area contributed by atoms with Gasteiger partial charge in [-0.2, -0.15) is 4.31 Å². The lowest BCUT2D eigenvalue weighted by molar-refractivity contribution is -0.135. The van der Waals surface area contributed by atoms with Crippen LogP contribution in [0.5, 0.6) is 0 Å². The molecule has 3 saturated heterocycles. The van der Waals surface area contributed by atoms with Gasteiger partial charge >= 0.3 is 0 Å². The molecule has 0 spiro atoms. The van der Waals surface area contributed by atoms with Gasteiger partial charge < -0.3 is 10.2 Å². The number of fused-ring (bicyclic) bond motifs is 1. The van der Waals surface area contributed by atoms with Gasteiger partial charge in [-0.05, 0) is 50.5 Å². The molecule has 3 aliphatic rings. The fraction of sp³-hybridized carbons (Fsp3) is 0.579. The highest BCUT2D eigenvalue weighted by Crippen LogP contribution is 2.47. The largest absolute Gasteiger partial charge is 0.324 e. The fourth-order valence-corrected chi connectivity index (χ4v) is 7.15. The van der Waals surface area contributed by atoms with Gasteiger partial charge in [0.15, 0.2) is 0 Å². The van der Waals surface area contributed by atoms with E-state index in [2.05, 4.69) is 5.32 Å². The van der Waals surface area contributed by atoms with Crippen LogP contribution in [0.1, 0.15) is 39.0 Å². The summed E-state index contributed by atoms with van der Waals surface area (Å²) in [5.41, 5.74) is 0.535. The normalized spacial score (nSPS) is 28.4. The number of sulfonamides is 1. The van der Waals surface area contributed by atoms with Crippen molar-refractivity contribution in [2.45, 2.75) is 54.8 Å². The number of benzene rings is 1. The van der Waals surface area contributed by atoms with Crippen molar-refractivity contribution < 1.29 is 18.0 Å². The zero-order valence-corrected chi connectivity index (χ0v) is 17.5. The molecule has 2 atom stereocenters. The van der Waals surface area contributed by atoms with E-state index in [-0.39, 0.29) is 21.6 Å². The lowest BCUT2D eigenvalue weighted by Gasteiger charge is -2.29. The number of nitrogens with zero attached hydrogens (tertiary/aromatic N) is 2. The molecule has 28 heavy (non-hydrogen) atoms. The molecule has 0 saturated carbocycles. The second-order valence-electron chi connectivity index (χ2n) is 7.74. The van der Waals surface area contributed by atoms with Gasteiger partial charge in [-0.1, -0.05) is 6.42 Å². The van der Waals surface area contributed by atoms with Gasteiger partial charge in [-0.3, -0.25) is 9.59 Å². The summed E-state index contributed by atoms with van der Waals surface area (Å²) in [6.07, 6.45) is 4.09. The number of rotatable bonds is 4. The minimum absolute atomic E-state index is 0.0237. The van der Waals surface area contributed by atoms with Gasteiger partial charge in [0.25, 0.3) is 0 Å². The predicted octanol–water partition coefficient (Wildman–Crippen LogP) is 2.25. The average molecular weight is 424 g/mol. The zero-order chi connectivity index (χ0) is 19.9. The van der Waals surface area contributed by atoms with E-state index in [9.17, 15) is 18.0 Å². The number of anilines is 1. The highest BCUT2D eigenvalue weighted by atomic mass is 32.2. The van der Waals surface area contributed by atoms with Gasteiger partial charge in [0.1, 0.15) is 6.04 Å². The van der Waals surface area contributed by atoms with Gasteiger partial charge in [-0.15, -0.1) is 11.8 Å².